The van der Waals surface area contributed by atoms with Gasteiger partial charge in [-0.05, 0) is 39.2 Å². The van der Waals surface area contributed by atoms with Gasteiger partial charge in [-0.1, -0.05) is 18.2 Å². The monoisotopic (exact) mass is 399 g/mol. The first-order valence-corrected chi connectivity index (χ1v) is 10.3. The fourth-order valence-corrected chi connectivity index (χ4v) is 3.57. The Morgan fingerprint density at radius 1 is 1.14 bits per heavy atom. The maximum atomic E-state index is 12.7. The molecule has 2 aromatic rings. The predicted molar refractivity (Wildman–Crippen MR) is 111 cm³/mol. The third-order valence-corrected chi connectivity index (χ3v) is 5.06. The molecule has 1 aromatic heterocycles. The summed E-state index contributed by atoms with van der Waals surface area (Å²) in [5, 5.41) is 3.35. The highest BCUT2D eigenvalue weighted by Crippen LogP contribution is 2.22. The molecule has 0 saturated carbocycles. The number of amides is 2. The number of nitrogens with one attached hydrogen (secondary N) is 1. The first-order valence-electron chi connectivity index (χ1n) is 10.3. The van der Waals surface area contributed by atoms with Crippen LogP contribution >= 0.6 is 0 Å². The SMILES string of the molecule is CC(C)OCCCNC(=O)C(=O)c1cn(CC(=O)N2CCCC2)c2ccccc12. The lowest BCUT2D eigenvalue weighted by Crippen LogP contribution is -2.32. The maximum Gasteiger partial charge on any atom is 0.292 e. The van der Waals surface area contributed by atoms with Crippen LogP contribution < -0.4 is 5.32 Å². The number of aromatic nitrogens is 1. The number of ketones is 1. The standard InChI is InChI=1S/C22H29N3O4/c1-16(2)29-13-7-10-23-22(28)21(27)18-14-25(19-9-4-3-8-17(18)19)15-20(26)24-11-5-6-12-24/h3-4,8-9,14,16H,5-7,10-13,15H2,1-2H3,(H,23,28). The highest BCUT2D eigenvalue weighted by atomic mass is 16.5. The molecule has 2 amide bonds. The van der Waals surface area contributed by atoms with Crippen LogP contribution in [0.4, 0.5) is 0 Å². The zero-order valence-corrected chi connectivity index (χ0v) is 17.1. The van der Waals surface area contributed by atoms with Crippen molar-refractivity contribution in [2.75, 3.05) is 26.2 Å². The third-order valence-electron chi connectivity index (χ3n) is 5.06. The minimum atomic E-state index is -0.636. The van der Waals surface area contributed by atoms with Gasteiger partial charge in [-0.15, -0.1) is 0 Å². The largest absolute Gasteiger partial charge is 0.379 e. The summed E-state index contributed by atoms with van der Waals surface area (Å²) in [7, 11) is 0. The van der Waals surface area contributed by atoms with Gasteiger partial charge in [-0.2, -0.15) is 0 Å². The van der Waals surface area contributed by atoms with Crippen LogP contribution in [0, 0.1) is 0 Å². The van der Waals surface area contributed by atoms with Crippen LogP contribution in [0.15, 0.2) is 30.5 Å². The van der Waals surface area contributed by atoms with Crippen LogP contribution in [0.2, 0.25) is 0 Å². The fourth-order valence-electron chi connectivity index (χ4n) is 3.57. The molecule has 1 aromatic carbocycles. The molecule has 1 N–H and O–H groups in total. The number of fused-ring (bicyclic) bond motifs is 1. The van der Waals surface area contributed by atoms with Crippen LogP contribution in [0.1, 0.15) is 43.5 Å². The highest BCUT2D eigenvalue weighted by molar-refractivity contribution is 6.45. The quantitative estimate of drug-likeness (QED) is 0.399. The Hall–Kier alpha value is -2.67. The average Bonchev–Trinajstić information content (AvgIpc) is 3.35. The van der Waals surface area contributed by atoms with Crippen LogP contribution in [0.25, 0.3) is 10.9 Å². The third kappa shape index (κ3) is 5.23. The Morgan fingerprint density at radius 3 is 2.59 bits per heavy atom. The first kappa shape index (κ1) is 21.0. The van der Waals surface area contributed by atoms with E-state index in [1.165, 1.54) is 0 Å². The van der Waals surface area contributed by atoms with E-state index in [1.54, 1.807) is 10.8 Å². The van der Waals surface area contributed by atoms with Crippen LogP contribution in [0.5, 0.6) is 0 Å². The highest BCUT2D eigenvalue weighted by Gasteiger charge is 2.23. The molecule has 7 nitrogen and oxygen atoms in total. The summed E-state index contributed by atoms with van der Waals surface area (Å²) in [5.74, 6) is -1.18. The zero-order valence-electron chi connectivity index (χ0n) is 17.1. The van der Waals surface area contributed by atoms with Crippen LogP contribution in [-0.4, -0.2) is 59.4 Å². The Bertz CT molecular complexity index is 881. The smallest absolute Gasteiger partial charge is 0.292 e. The van der Waals surface area contributed by atoms with Gasteiger partial charge in [0.2, 0.25) is 5.91 Å². The Morgan fingerprint density at radius 2 is 1.86 bits per heavy atom. The summed E-state index contributed by atoms with van der Waals surface area (Å²) in [6.07, 6.45) is 4.47. The molecule has 1 aliphatic heterocycles. The lowest BCUT2D eigenvalue weighted by molar-refractivity contribution is -0.130. The number of likely N-dealkylation sites (tertiary alicyclic amines) is 1. The van der Waals surface area contributed by atoms with Crippen molar-refractivity contribution in [1.29, 1.82) is 0 Å². The summed E-state index contributed by atoms with van der Waals surface area (Å²) in [6, 6.07) is 7.36. The number of Topliss-reactive ketones (excluding diaryl/α,β-unsaturated/α-hetero) is 1. The van der Waals surface area contributed by atoms with Gasteiger partial charge in [-0.25, -0.2) is 0 Å². The van der Waals surface area contributed by atoms with Gasteiger partial charge in [0.05, 0.1) is 11.7 Å². The van der Waals surface area contributed by atoms with Crippen molar-refractivity contribution in [2.24, 2.45) is 0 Å². The van der Waals surface area contributed by atoms with E-state index in [0.717, 1.165) is 31.4 Å². The lowest BCUT2D eigenvalue weighted by Gasteiger charge is -2.15. The summed E-state index contributed by atoms with van der Waals surface area (Å²) >= 11 is 0. The first-order chi connectivity index (χ1) is 14.0. The zero-order chi connectivity index (χ0) is 20.8. The molecular formula is C22H29N3O4. The van der Waals surface area contributed by atoms with Crippen molar-refractivity contribution < 1.29 is 19.1 Å². The molecule has 29 heavy (non-hydrogen) atoms. The minimum absolute atomic E-state index is 0.0388. The van der Waals surface area contributed by atoms with Gasteiger partial charge in [0.25, 0.3) is 11.7 Å². The van der Waals surface area contributed by atoms with E-state index in [-0.39, 0.29) is 18.6 Å². The summed E-state index contributed by atoms with van der Waals surface area (Å²) in [5.41, 5.74) is 1.10. The normalized spacial score (nSPS) is 14.0. The molecule has 1 saturated heterocycles. The molecule has 0 unspecified atom stereocenters. The Balaban J connectivity index is 1.69. The molecule has 156 valence electrons. The van der Waals surface area contributed by atoms with Crippen molar-refractivity contribution in [3.63, 3.8) is 0 Å². The number of para-hydroxylation sites is 1. The van der Waals surface area contributed by atoms with Crippen molar-refractivity contribution in [2.45, 2.75) is 45.8 Å². The van der Waals surface area contributed by atoms with Crippen molar-refractivity contribution >= 4 is 28.5 Å². The number of ether oxygens (including phenoxy) is 1. The van der Waals surface area contributed by atoms with Gasteiger partial charge >= 0.3 is 0 Å². The van der Waals surface area contributed by atoms with Crippen molar-refractivity contribution in [1.82, 2.24) is 14.8 Å². The number of hydrogen-bond acceptors (Lipinski definition) is 4. The number of carbonyl (C=O) groups excluding carboxylic acids is 3. The van der Waals surface area contributed by atoms with Crippen LogP contribution in [0.3, 0.4) is 0 Å². The maximum absolute atomic E-state index is 12.7. The second-order valence-electron chi connectivity index (χ2n) is 7.63. The van der Waals surface area contributed by atoms with E-state index in [9.17, 15) is 14.4 Å². The molecule has 0 atom stereocenters. The van der Waals surface area contributed by atoms with Gasteiger partial charge in [-0.3, -0.25) is 14.4 Å². The number of nitrogens with zero attached hydrogens (tertiary/aromatic N) is 2. The lowest BCUT2D eigenvalue weighted by atomic mass is 10.1. The van der Waals surface area contributed by atoms with E-state index in [0.29, 0.717) is 30.5 Å². The average molecular weight is 399 g/mol. The molecule has 2 heterocycles. The van der Waals surface area contributed by atoms with Crippen molar-refractivity contribution in [3.05, 3.63) is 36.0 Å². The number of rotatable bonds is 9. The minimum Gasteiger partial charge on any atom is -0.379 e. The van der Waals surface area contributed by atoms with Crippen molar-refractivity contribution in [3.8, 4) is 0 Å². The fraction of sp³-hybridized carbons (Fsp3) is 0.500. The van der Waals surface area contributed by atoms with Gasteiger partial charge < -0.3 is 19.5 Å². The second-order valence-corrected chi connectivity index (χ2v) is 7.63. The van der Waals surface area contributed by atoms with E-state index in [2.05, 4.69) is 5.32 Å². The number of hydrogen-bond donors (Lipinski definition) is 1. The second kappa shape index (κ2) is 9.69. The molecule has 7 heteroatoms. The predicted octanol–water partition coefficient (Wildman–Crippen LogP) is 2.38. The summed E-state index contributed by atoms with van der Waals surface area (Å²) < 4.78 is 7.20. The van der Waals surface area contributed by atoms with Gasteiger partial charge in [0.15, 0.2) is 0 Å². The Labute approximate surface area is 171 Å². The summed E-state index contributed by atoms with van der Waals surface area (Å²) in [6.45, 7) is 6.55. The summed E-state index contributed by atoms with van der Waals surface area (Å²) in [4.78, 5) is 39.5. The molecule has 3 rings (SSSR count). The molecule has 0 spiro atoms. The number of carbonyl (C=O) groups is 3. The molecule has 0 bridgehead atoms. The topological polar surface area (TPSA) is 80.6 Å². The van der Waals surface area contributed by atoms with E-state index in [1.807, 2.05) is 43.0 Å². The molecule has 1 aliphatic rings. The van der Waals surface area contributed by atoms with Crippen LogP contribution in [-0.2, 0) is 20.9 Å². The molecule has 1 fully saturated rings. The number of benzene rings is 1. The molecular weight excluding hydrogens is 370 g/mol. The van der Waals surface area contributed by atoms with E-state index >= 15 is 0 Å². The Kier molecular flexibility index (Phi) is 7.04. The van der Waals surface area contributed by atoms with E-state index in [4.69, 9.17) is 4.74 Å². The molecule has 0 aliphatic carbocycles. The van der Waals surface area contributed by atoms with E-state index < -0.39 is 11.7 Å². The van der Waals surface area contributed by atoms with Gasteiger partial charge in [0.1, 0.15) is 6.54 Å². The van der Waals surface area contributed by atoms with Gasteiger partial charge in [0, 0.05) is 43.3 Å². The molecule has 0 radical (unpaired) electrons.